The summed E-state index contributed by atoms with van der Waals surface area (Å²) in [6.07, 6.45) is 0.0557. The minimum atomic E-state index is -0.538. The summed E-state index contributed by atoms with van der Waals surface area (Å²) in [5, 5.41) is 7.52. The van der Waals surface area contributed by atoms with E-state index >= 15 is 0 Å². The van der Waals surface area contributed by atoms with Gasteiger partial charge < -0.3 is 10.6 Å². The van der Waals surface area contributed by atoms with Gasteiger partial charge in [-0.2, -0.15) is 0 Å². The van der Waals surface area contributed by atoms with Crippen molar-refractivity contribution in [2.45, 2.75) is 25.9 Å². The lowest BCUT2D eigenvalue weighted by Gasteiger charge is -2.28. The number of urea groups is 1. The fourth-order valence-electron chi connectivity index (χ4n) is 2.11. The van der Waals surface area contributed by atoms with Crippen molar-refractivity contribution >= 4 is 17.8 Å². The molecule has 1 heterocycles. The van der Waals surface area contributed by atoms with E-state index in [-0.39, 0.29) is 18.4 Å². The van der Waals surface area contributed by atoms with Crippen LogP contribution >= 0.6 is 0 Å². The molecule has 3 N–H and O–H groups in total. The van der Waals surface area contributed by atoms with Crippen molar-refractivity contribution in [2.24, 2.45) is 5.92 Å². The lowest BCUT2D eigenvalue weighted by atomic mass is 9.94. The number of nitrogens with one attached hydrogen (secondary N) is 3. The molecule has 6 heteroatoms. The second kappa shape index (κ2) is 6.18. The first-order valence-corrected chi connectivity index (χ1v) is 6.48. The summed E-state index contributed by atoms with van der Waals surface area (Å²) in [4.78, 5) is 34.6. The van der Waals surface area contributed by atoms with E-state index in [9.17, 15) is 14.4 Å². The van der Waals surface area contributed by atoms with Gasteiger partial charge in [-0.05, 0) is 12.5 Å². The Morgan fingerprint density at radius 2 is 1.95 bits per heavy atom. The van der Waals surface area contributed by atoms with E-state index in [1.807, 2.05) is 30.3 Å². The predicted octanol–water partition coefficient (Wildman–Crippen LogP) is 0.537. The highest BCUT2D eigenvalue weighted by atomic mass is 16.2. The second-order valence-electron chi connectivity index (χ2n) is 4.82. The van der Waals surface area contributed by atoms with Crippen LogP contribution in [0.1, 0.15) is 18.9 Å². The molecule has 2 unspecified atom stereocenters. The van der Waals surface area contributed by atoms with Gasteiger partial charge in [0.2, 0.25) is 11.8 Å². The molecule has 6 nitrogen and oxygen atoms in total. The molecule has 0 aliphatic carbocycles. The third-order valence-electron chi connectivity index (χ3n) is 3.27. The minimum absolute atomic E-state index is 0.0557. The molecule has 2 atom stereocenters. The van der Waals surface area contributed by atoms with Gasteiger partial charge in [0.15, 0.2) is 0 Å². The Bertz CT molecular complexity index is 516. The Morgan fingerprint density at radius 1 is 1.25 bits per heavy atom. The summed E-state index contributed by atoms with van der Waals surface area (Å²) in [7, 11) is 0. The van der Waals surface area contributed by atoms with E-state index in [1.165, 1.54) is 0 Å². The van der Waals surface area contributed by atoms with Crippen LogP contribution in [0.2, 0.25) is 0 Å². The highest BCUT2D eigenvalue weighted by Gasteiger charge is 2.33. The number of hydrogen-bond acceptors (Lipinski definition) is 3. The van der Waals surface area contributed by atoms with E-state index in [0.717, 1.165) is 5.56 Å². The van der Waals surface area contributed by atoms with Gasteiger partial charge in [0.05, 0.1) is 5.92 Å². The topological polar surface area (TPSA) is 87.3 Å². The van der Waals surface area contributed by atoms with Crippen LogP contribution in [-0.2, 0) is 16.1 Å². The Hall–Kier alpha value is -2.37. The fourth-order valence-corrected chi connectivity index (χ4v) is 2.11. The lowest BCUT2D eigenvalue weighted by Crippen LogP contribution is -2.57. The van der Waals surface area contributed by atoms with Crippen molar-refractivity contribution in [3.63, 3.8) is 0 Å². The van der Waals surface area contributed by atoms with Crippen LogP contribution in [0.5, 0.6) is 0 Å². The molecular weight excluding hydrogens is 258 g/mol. The van der Waals surface area contributed by atoms with Crippen LogP contribution in [0.3, 0.4) is 0 Å². The quantitative estimate of drug-likeness (QED) is 0.749. The smallest absolute Gasteiger partial charge is 0.321 e. The van der Waals surface area contributed by atoms with Crippen LogP contribution in [0.25, 0.3) is 0 Å². The lowest BCUT2D eigenvalue weighted by molar-refractivity contribution is -0.131. The number of benzene rings is 1. The summed E-state index contributed by atoms with van der Waals surface area (Å²) < 4.78 is 0. The highest BCUT2D eigenvalue weighted by Crippen LogP contribution is 2.13. The SMILES string of the molecule is CC1NC(=O)NC(=O)C1CC(=O)NCc1ccccc1. The Labute approximate surface area is 116 Å². The largest absolute Gasteiger partial charge is 0.352 e. The van der Waals surface area contributed by atoms with Crippen molar-refractivity contribution in [3.05, 3.63) is 35.9 Å². The van der Waals surface area contributed by atoms with Crippen molar-refractivity contribution < 1.29 is 14.4 Å². The molecular formula is C14H17N3O3. The molecule has 106 valence electrons. The number of imide groups is 1. The van der Waals surface area contributed by atoms with E-state index in [2.05, 4.69) is 16.0 Å². The van der Waals surface area contributed by atoms with E-state index < -0.39 is 17.9 Å². The number of carbonyl (C=O) groups is 3. The van der Waals surface area contributed by atoms with Crippen LogP contribution in [0, 0.1) is 5.92 Å². The van der Waals surface area contributed by atoms with Crippen molar-refractivity contribution in [2.75, 3.05) is 0 Å². The number of hydrogen-bond donors (Lipinski definition) is 3. The molecule has 1 aliphatic rings. The van der Waals surface area contributed by atoms with Crippen LogP contribution in [-0.4, -0.2) is 23.9 Å². The molecule has 0 spiro atoms. The molecule has 1 aromatic rings. The van der Waals surface area contributed by atoms with Crippen molar-refractivity contribution in [3.8, 4) is 0 Å². The zero-order chi connectivity index (χ0) is 14.5. The Morgan fingerprint density at radius 3 is 2.60 bits per heavy atom. The Kier molecular flexibility index (Phi) is 4.34. The molecule has 4 amide bonds. The highest BCUT2D eigenvalue weighted by molar-refractivity contribution is 6.00. The van der Waals surface area contributed by atoms with Crippen LogP contribution < -0.4 is 16.0 Å². The van der Waals surface area contributed by atoms with Crippen molar-refractivity contribution in [1.82, 2.24) is 16.0 Å². The standard InChI is InChI=1S/C14H17N3O3/c1-9-11(13(19)17-14(20)16-9)7-12(18)15-8-10-5-3-2-4-6-10/h2-6,9,11H,7-8H2,1H3,(H,15,18)(H2,16,17,19,20). The molecule has 0 bridgehead atoms. The first-order chi connectivity index (χ1) is 9.56. The van der Waals surface area contributed by atoms with E-state index in [1.54, 1.807) is 6.92 Å². The molecule has 0 aromatic heterocycles. The molecule has 0 radical (unpaired) electrons. The molecule has 1 aliphatic heterocycles. The molecule has 20 heavy (non-hydrogen) atoms. The first kappa shape index (κ1) is 14.0. The monoisotopic (exact) mass is 275 g/mol. The molecule has 1 aromatic carbocycles. The van der Waals surface area contributed by atoms with Gasteiger partial charge in [0.25, 0.3) is 0 Å². The summed E-state index contributed by atoms with van der Waals surface area (Å²) in [6, 6.07) is 8.66. The first-order valence-electron chi connectivity index (χ1n) is 6.48. The molecule has 1 saturated heterocycles. The zero-order valence-corrected chi connectivity index (χ0v) is 11.2. The molecule has 1 fully saturated rings. The van der Waals surface area contributed by atoms with Gasteiger partial charge in [-0.25, -0.2) is 4.79 Å². The van der Waals surface area contributed by atoms with Gasteiger partial charge in [0, 0.05) is 19.0 Å². The van der Waals surface area contributed by atoms with Gasteiger partial charge in [-0.1, -0.05) is 30.3 Å². The van der Waals surface area contributed by atoms with Gasteiger partial charge in [-0.15, -0.1) is 0 Å². The fraction of sp³-hybridized carbons (Fsp3) is 0.357. The maximum Gasteiger partial charge on any atom is 0.321 e. The maximum absolute atomic E-state index is 11.9. The van der Waals surface area contributed by atoms with Crippen molar-refractivity contribution in [1.29, 1.82) is 0 Å². The summed E-state index contributed by atoms with van der Waals surface area (Å²) in [5.41, 5.74) is 0.996. The zero-order valence-electron chi connectivity index (χ0n) is 11.2. The second-order valence-corrected chi connectivity index (χ2v) is 4.82. The average molecular weight is 275 g/mol. The summed E-state index contributed by atoms with van der Waals surface area (Å²) in [5.74, 6) is -1.16. The van der Waals surface area contributed by atoms with Crippen LogP contribution in [0.4, 0.5) is 4.79 Å². The molecule has 0 saturated carbocycles. The van der Waals surface area contributed by atoms with Crippen LogP contribution in [0.15, 0.2) is 30.3 Å². The maximum atomic E-state index is 11.9. The van der Waals surface area contributed by atoms with E-state index in [0.29, 0.717) is 6.54 Å². The third-order valence-corrected chi connectivity index (χ3v) is 3.27. The van der Waals surface area contributed by atoms with E-state index in [4.69, 9.17) is 0 Å². The van der Waals surface area contributed by atoms with Gasteiger partial charge in [-0.3, -0.25) is 14.9 Å². The molecule has 2 rings (SSSR count). The van der Waals surface area contributed by atoms with Gasteiger partial charge in [0.1, 0.15) is 0 Å². The summed E-state index contributed by atoms with van der Waals surface area (Å²) in [6.45, 7) is 2.14. The minimum Gasteiger partial charge on any atom is -0.352 e. The predicted molar refractivity (Wildman–Crippen MR) is 72.5 cm³/mol. The Balaban J connectivity index is 1.85. The number of carbonyl (C=O) groups excluding carboxylic acids is 3. The normalized spacial score (nSPS) is 21.9. The van der Waals surface area contributed by atoms with Gasteiger partial charge >= 0.3 is 6.03 Å². The third kappa shape index (κ3) is 3.57. The average Bonchev–Trinajstić information content (AvgIpc) is 2.42. The summed E-state index contributed by atoms with van der Waals surface area (Å²) >= 11 is 0. The number of amides is 4. The number of rotatable bonds is 4.